The van der Waals surface area contributed by atoms with E-state index in [1.165, 1.54) is 0 Å². The van der Waals surface area contributed by atoms with Crippen LogP contribution in [-0.4, -0.2) is 32.6 Å². The number of nitrogens with one attached hydrogen (secondary N) is 1. The Hall–Kier alpha value is -4.14. The van der Waals surface area contributed by atoms with Crippen LogP contribution in [0.1, 0.15) is 28.9 Å². The third-order valence-corrected chi connectivity index (χ3v) is 4.87. The molecule has 1 aliphatic heterocycles. The summed E-state index contributed by atoms with van der Waals surface area (Å²) in [7, 11) is 0. The lowest BCUT2D eigenvalue weighted by atomic mass is 10.2. The molecule has 2 aromatic heterocycles. The fraction of sp³-hybridized carbons (Fsp3) is 0.182. The molecule has 0 saturated carbocycles. The molecule has 4 aromatic rings. The van der Waals surface area contributed by atoms with E-state index in [1.54, 1.807) is 16.9 Å². The number of amides is 1. The van der Waals surface area contributed by atoms with Crippen LogP contribution in [0.15, 0.2) is 59.3 Å². The van der Waals surface area contributed by atoms with E-state index in [0.29, 0.717) is 41.9 Å². The summed E-state index contributed by atoms with van der Waals surface area (Å²) in [5, 5.41) is 11.2. The van der Waals surface area contributed by atoms with E-state index in [-0.39, 0.29) is 12.7 Å². The van der Waals surface area contributed by atoms with Crippen molar-refractivity contribution in [1.82, 2.24) is 25.2 Å². The van der Waals surface area contributed by atoms with Crippen LogP contribution in [0.5, 0.6) is 11.5 Å². The first-order chi connectivity index (χ1) is 15.2. The molecular formula is C22H19N5O4. The summed E-state index contributed by atoms with van der Waals surface area (Å²) in [6.45, 7) is 2.54. The van der Waals surface area contributed by atoms with Gasteiger partial charge in [0.15, 0.2) is 17.2 Å². The maximum atomic E-state index is 12.5. The summed E-state index contributed by atoms with van der Waals surface area (Å²) in [4.78, 5) is 16.8. The van der Waals surface area contributed by atoms with Crippen molar-refractivity contribution in [3.63, 3.8) is 0 Å². The predicted molar refractivity (Wildman–Crippen MR) is 110 cm³/mol. The van der Waals surface area contributed by atoms with Crippen molar-refractivity contribution >= 4 is 5.91 Å². The zero-order chi connectivity index (χ0) is 21.2. The van der Waals surface area contributed by atoms with Crippen LogP contribution in [0.25, 0.3) is 17.1 Å². The predicted octanol–water partition coefficient (Wildman–Crippen LogP) is 3.14. The molecule has 1 amide bonds. The van der Waals surface area contributed by atoms with Crippen LogP contribution in [0.2, 0.25) is 0 Å². The molecule has 0 spiro atoms. The average Bonchev–Trinajstić information content (AvgIpc) is 3.57. The van der Waals surface area contributed by atoms with Gasteiger partial charge in [0, 0.05) is 24.7 Å². The van der Waals surface area contributed by atoms with Crippen molar-refractivity contribution in [1.29, 1.82) is 0 Å². The Bertz CT molecular complexity index is 1230. The van der Waals surface area contributed by atoms with Gasteiger partial charge in [-0.1, -0.05) is 18.1 Å². The Labute approximate surface area is 177 Å². The van der Waals surface area contributed by atoms with Crippen LogP contribution in [0.3, 0.4) is 0 Å². The van der Waals surface area contributed by atoms with Crippen molar-refractivity contribution in [2.75, 3.05) is 6.79 Å². The van der Waals surface area contributed by atoms with Crippen molar-refractivity contribution < 1.29 is 18.8 Å². The second kappa shape index (κ2) is 7.94. The van der Waals surface area contributed by atoms with Gasteiger partial charge in [-0.15, -0.1) is 0 Å². The van der Waals surface area contributed by atoms with Gasteiger partial charge in [0.05, 0.1) is 5.69 Å². The number of ether oxygens (including phenoxy) is 2. The number of carbonyl (C=O) groups excluding carboxylic acids is 1. The molecule has 0 atom stereocenters. The normalized spacial score (nSPS) is 12.2. The standard InChI is InChI=1S/C22H19N5O4/c1-2-20-24-21(26-31-20)15-4-6-16(7-5-15)27-10-9-17(25-27)22(28)23-12-14-3-8-18-19(11-14)30-13-29-18/h3-11H,2,12-13H2,1H3,(H,23,28). The van der Waals surface area contributed by atoms with E-state index in [0.717, 1.165) is 16.8 Å². The van der Waals surface area contributed by atoms with Crippen molar-refractivity contribution in [2.45, 2.75) is 19.9 Å². The summed E-state index contributed by atoms with van der Waals surface area (Å²) in [6, 6.07) is 14.8. The first-order valence-corrected chi connectivity index (χ1v) is 9.85. The lowest BCUT2D eigenvalue weighted by Gasteiger charge is -2.05. The number of rotatable bonds is 6. The second-order valence-electron chi connectivity index (χ2n) is 6.93. The zero-order valence-corrected chi connectivity index (χ0v) is 16.7. The van der Waals surface area contributed by atoms with Crippen molar-refractivity contribution in [3.8, 4) is 28.6 Å². The number of aromatic nitrogens is 4. The second-order valence-corrected chi connectivity index (χ2v) is 6.93. The first kappa shape index (κ1) is 18.9. The number of aryl methyl sites for hydroxylation is 1. The molecule has 1 aliphatic rings. The average molecular weight is 417 g/mol. The fourth-order valence-corrected chi connectivity index (χ4v) is 3.19. The molecule has 0 aliphatic carbocycles. The lowest BCUT2D eigenvalue weighted by molar-refractivity contribution is 0.0945. The molecule has 3 heterocycles. The summed E-state index contributed by atoms with van der Waals surface area (Å²) in [5.74, 6) is 2.29. The molecule has 156 valence electrons. The van der Waals surface area contributed by atoms with Gasteiger partial charge in [0.2, 0.25) is 18.5 Å². The van der Waals surface area contributed by atoms with Gasteiger partial charge in [0.1, 0.15) is 0 Å². The highest BCUT2D eigenvalue weighted by atomic mass is 16.7. The Balaban J connectivity index is 1.24. The highest BCUT2D eigenvalue weighted by Crippen LogP contribution is 2.32. The van der Waals surface area contributed by atoms with Crippen LogP contribution < -0.4 is 14.8 Å². The van der Waals surface area contributed by atoms with Gasteiger partial charge in [-0.25, -0.2) is 4.68 Å². The Morgan fingerprint density at radius 2 is 1.94 bits per heavy atom. The zero-order valence-electron chi connectivity index (χ0n) is 16.7. The quantitative estimate of drug-likeness (QED) is 0.514. The minimum Gasteiger partial charge on any atom is -0.454 e. The highest BCUT2D eigenvalue weighted by molar-refractivity contribution is 5.92. The fourth-order valence-electron chi connectivity index (χ4n) is 3.19. The largest absolute Gasteiger partial charge is 0.454 e. The summed E-state index contributed by atoms with van der Waals surface area (Å²) >= 11 is 0. The first-order valence-electron chi connectivity index (χ1n) is 9.85. The molecule has 0 fully saturated rings. The molecule has 2 aromatic carbocycles. The summed E-state index contributed by atoms with van der Waals surface area (Å²) < 4.78 is 17.5. The number of fused-ring (bicyclic) bond motifs is 1. The number of hydrogen-bond acceptors (Lipinski definition) is 7. The maximum Gasteiger partial charge on any atom is 0.272 e. The number of carbonyl (C=O) groups is 1. The molecule has 31 heavy (non-hydrogen) atoms. The lowest BCUT2D eigenvalue weighted by Crippen LogP contribution is -2.23. The van der Waals surface area contributed by atoms with Crippen LogP contribution >= 0.6 is 0 Å². The minimum atomic E-state index is -0.257. The van der Waals surface area contributed by atoms with Gasteiger partial charge < -0.3 is 19.3 Å². The molecular weight excluding hydrogens is 398 g/mol. The van der Waals surface area contributed by atoms with Crippen molar-refractivity contribution in [2.24, 2.45) is 0 Å². The van der Waals surface area contributed by atoms with Crippen LogP contribution in [-0.2, 0) is 13.0 Å². The summed E-state index contributed by atoms with van der Waals surface area (Å²) in [6.07, 6.45) is 2.44. The molecule has 0 unspecified atom stereocenters. The highest BCUT2D eigenvalue weighted by Gasteiger charge is 2.15. The third kappa shape index (κ3) is 3.85. The Kier molecular flexibility index (Phi) is 4.83. The van der Waals surface area contributed by atoms with Crippen molar-refractivity contribution in [3.05, 3.63) is 71.9 Å². The van der Waals surface area contributed by atoms with Crippen LogP contribution in [0, 0.1) is 0 Å². The molecule has 0 radical (unpaired) electrons. The van der Waals surface area contributed by atoms with Gasteiger partial charge in [-0.05, 0) is 48.0 Å². The molecule has 9 nitrogen and oxygen atoms in total. The topological polar surface area (TPSA) is 104 Å². The molecule has 1 N–H and O–H groups in total. The molecule has 0 bridgehead atoms. The monoisotopic (exact) mass is 417 g/mol. The van der Waals surface area contributed by atoms with Gasteiger partial charge in [0.25, 0.3) is 5.91 Å². The van der Waals surface area contributed by atoms with E-state index in [4.69, 9.17) is 14.0 Å². The van der Waals surface area contributed by atoms with E-state index >= 15 is 0 Å². The van der Waals surface area contributed by atoms with Crippen LogP contribution in [0.4, 0.5) is 0 Å². The third-order valence-electron chi connectivity index (χ3n) is 4.87. The Morgan fingerprint density at radius 1 is 1.10 bits per heavy atom. The number of benzene rings is 2. The summed E-state index contributed by atoms with van der Waals surface area (Å²) in [5.41, 5.74) is 2.91. The van der Waals surface area contributed by atoms with Gasteiger partial charge >= 0.3 is 0 Å². The SMILES string of the molecule is CCc1nc(-c2ccc(-n3ccc(C(=O)NCc4ccc5c(c4)OCO5)n3)cc2)no1. The van der Waals surface area contributed by atoms with Gasteiger partial charge in [-0.3, -0.25) is 4.79 Å². The molecule has 9 heteroatoms. The van der Waals surface area contributed by atoms with E-state index < -0.39 is 0 Å². The molecule has 0 saturated heterocycles. The number of hydrogen-bond donors (Lipinski definition) is 1. The van der Waals surface area contributed by atoms with E-state index in [9.17, 15) is 4.79 Å². The minimum absolute atomic E-state index is 0.221. The van der Waals surface area contributed by atoms with Gasteiger partial charge in [-0.2, -0.15) is 10.1 Å². The molecule has 5 rings (SSSR count). The maximum absolute atomic E-state index is 12.5. The van der Waals surface area contributed by atoms with E-state index in [2.05, 4.69) is 20.6 Å². The smallest absolute Gasteiger partial charge is 0.272 e. The van der Waals surface area contributed by atoms with E-state index in [1.807, 2.05) is 49.4 Å². The number of nitrogens with zero attached hydrogens (tertiary/aromatic N) is 4. The Morgan fingerprint density at radius 3 is 2.74 bits per heavy atom.